The van der Waals surface area contributed by atoms with Gasteiger partial charge in [-0.2, -0.15) is 5.26 Å². The molecule has 0 spiro atoms. The maximum absolute atomic E-state index is 12.9. The van der Waals surface area contributed by atoms with Crippen LogP contribution in [0.2, 0.25) is 0 Å². The minimum atomic E-state index is -3.81. The summed E-state index contributed by atoms with van der Waals surface area (Å²) >= 11 is 1.31. The van der Waals surface area contributed by atoms with Crippen LogP contribution in [0.15, 0.2) is 29.2 Å². The second-order valence-electron chi connectivity index (χ2n) is 4.73. The van der Waals surface area contributed by atoms with Crippen molar-refractivity contribution in [3.63, 3.8) is 0 Å². The molecule has 1 aromatic heterocycles. The van der Waals surface area contributed by atoms with Gasteiger partial charge in [0.15, 0.2) is 0 Å². The average molecular weight is 322 g/mol. The Kier molecular flexibility index (Phi) is 3.43. The van der Waals surface area contributed by atoms with Crippen LogP contribution in [0.25, 0.3) is 0 Å². The lowest BCUT2D eigenvalue weighted by Crippen LogP contribution is -2.12. The zero-order valence-electron chi connectivity index (χ0n) is 10.9. The number of nitrogens with one attached hydrogen (secondary N) is 1. The lowest BCUT2D eigenvalue weighted by molar-refractivity contribution is 0.600. The van der Waals surface area contributed by atoms with Gasteiger partial charge >= 0.3 is 0 Å². The smallest absolute Gasteiger partial charge is 0.262 e. The van der Waals surface area contributed by atoms with E-state index in [1.165, 1.54) is 23.5 Å². The molecule has 1 aromatic carbocycles. The van der Waals surface area contributed by atoms with Gasteiger partial charge in [-0.15, -0.1) is 11.3 Å². The van der Waals surface area contributed by atoms with Gasteiger partial charge in [-0.3, -0.25) is 4.72 Å². The molecule has 1 aliphatic carbocycles. The summed E-state index contributed by atoms with van der Waals surface area (Å²) in [7, 11) is -3.81. The fourth-order valence-electron chi connectivity index (χ4n) is 2.39. The van der Waals surface area contributed by atoms with Gasteiger partial charge in [0.05, 0.1) is 10.5 Å². The molecule has 0 fully saturated rings. The first kappa shape index (κ1) is 14.0. The van der Waals surface area contributed by atoms with Gasteiger partial charge in [-0.05, 0) is 49.1 Å². The molecule has 108 valence electrons. The number of rotatable bonds is 3. The van der Waals surface area contributed by atoms with E-state index in [4.69, 9.17) is 0 Å². The first-order chi connectivity index (χ1) is 10.0. The average Bonchev–Trinajstić information content (AvgIpc) is 2.99. The zero-order chi connectivity index (χ0) is 15.0. The van der Waals surface area contributed by atoms with Crippen molar-refractivity contribution in [3.05, 3.63) is 46.1 Å². The van der Waals surface area contributed by atoms with Crippen LogP contribution in [0.5, 0.6) is 0 Å². The molecule has 21 heavy (non-hydrogen) atoms. The predicted molar refractivity (Wildman–Crippen MR) is 78.3 cm³/mol. The highest BCUT2D eigenvalue weighted by Gasteiger charge is 2.25. The molecule has 0 unspecified atom stereocenters. The Labute approximate surface area is 125 Å². The number of nitriles is 1. The Morgan fingerprint density at radius 3 is 2.62 bits per heavy atom. The highest BCUT2D eigenvalue weighted by Crippen LogP contribution is 2.39. The fraction of sp³-hybridized carbons (Fsp3) is 0.214. The van der Waals surface area contributed by atoms with Crippen LogP contribution in [0, 0.1) is 17.1 Å². The molecule has 0 radical (unpaired) electrons. The Bertz CT molecular complexity index is 833. The summed E-state index contributed by atoms with van der Waals surface area (Å²) in [6.07, 6.45) is 2.70. The minimum Gasteiger partial charge on any atom is -0.269 e. The van der Waals surface area contributed by atoms with E-state index in [0.717, 1.165) is 41.8 Å². The number of benzene rings is 1. The molecule has 1 N–H and O–H groups in total. The highest BCUT2D eigenvalue weighted by atomic mass is 32.2. The number of anilines is 1. The minimum absolute atomic E-state index is 0.0265. The largest absolute Gasteiger partial charge is 0.269 e. The molecule has 0 saturated carbocycles. The highest BCUT2D eigenvalue weighted by molar-refractivity contribution is 7.93. The third kappa shape index (κ3) is 2.52. The van der Waals surface area contributed by atoms with E-state index in [2.05, 4.69) is 10.8 Å². The first-order valence-corrected chi connectivity index (χ1v) is 8.64. The van der Waals surface area contributed by atoms with Gasteiger partial charge < -0.3 is 0 Å². The number of fused-ring (bicyclic) bond motifs is 1. The van der Waals surface area contributed by atoms with E-state index < -0.39 is 15.8 Å². The van der Waals surface area contributed by atoms with Gasteiger partial charge in [-0.1, -0.05) is 0 Å². The van der Waals surface area contributed by atoms with Crippen molar-refractivity contribution in [2.45, 2.75) is 24.2 Å². The summed E-state index contributed by atoms with van der Waals surface area (Å²) in [5.41, 5.74) is 1.37. The van der Waals surface area contributed by atoms with Crippen LogP contribution in [0.1, 0.15) is 22.4 Å². The number of thiophene rings is 1. The maximum atomic E-state index is 12.9. The number of sulfonamides is 1. The second kappa shape index (κ2) is 5.13. The van der Waals surface area contributed by atoms with Crippen molar-refractivity contribution in [1.82, 2.24) is 0 Å². The second-order valence-corrected chi connectivity index (χ2v) is 7.52. The molecule has 0 aliphatic heterocycles. The van der Waals surface area contributed by atoms with Crippen LogP contribution in [0.3, 0.4) is 0 Å². The van der Waals surface area contributed by atoms with Crippen molar-refractivity contribution in [2.75, 3.05) is 4.72 Å². The molecular formula is C14H11FN2O2S2. The summed E-state index contributed by atoms with van der Waals surface area (Å²) in [4.78, 5) is 1.05. The molecule has 1 aliphatic rings. The van der Waals surface area contributed by atoms with E-state index in [-0.39, 0.29) is 4.90 Å². The number of aryl methyl sites for hydroxylation is 1. The van der Waals surface area contributed by atoms with Gasteiger partial charge in [0.2, 0.25) is 0 Å². The number of halogens is 1. The third-order valence-electron chi connectivity index (χ3n) is 3.38. The Hall–Kier alpha value is -1.91. The monoisotopic (exact) mass is 322 g/mol. The molecule has 2 aromatic rings. The predicted octanol–water partition coefficient (Wildman–Crippen LogP) is 3.05. The van der Waals surface area contributed by atoms with Crippen molar-refractivity contribution in [1.29, 1.82) is 5.26 Å². The Morgan fingerprint density at radius 2 is 1.95 bits per heavy atom. The number of hydrogen-bond acceptors (Lipinski definition) is 4. The topological polar surface area (TPSA) is 70.0 Å². The van der Waals surface area contributed by atoms with Crippen molar-refractivity contribution >= 4 is 26.4 Å². The van der Waals surface area contributed by atoms with E-state index in [1.807, 2.05) is 0 Å². The van der Waals surface area contributed by atoms with E-state index in [9.17, 15) is 18.1 Å². The fourth-order valence-corrected chi connectivity index (χ4v) is 4.93. The normalized spacial score (nSPS) is 13.7. The standard InChI is InChI=1S/C14H11FN2O2S2/c15-9-4-6-10(7-5-9)21(18,19)17-14-12(8-16)11-2-1-3-13(11)20-14/h4-7,17H,1-3H2. The van der Waals surface area contributed by atoms with E-state index in [1.54, 1.807) is 0 Å². The number of nitrogens with zero attached hydrogens (tertiary/aromatic N) is 1. The molecule has 0 atom stereocenters. The van der Waals surface area contributed by atoms with Crippen LogP contribution in [0.4, 0.5) is 9.39 Å². The summed E-state index contributed by atoms with van der Waals surface area (Å²) in [6, 6.07) is 6.66. The van der Waals surface area contributed by atoms with Gasteiger partial charge in [0.25, 0.3) is 10.0 Å². The molecule has 0 amide bonds. The Balaban J connectivity index is 1.97. The lowest BCUT2D eigenvalue weighted by Gasteiger charge is -2.07. The molecule has 7 heteroatoms. The summed E-state index contributed by atoms with van der Waals surface area (Å²) in [5, 5.41) is 9.60. The van der Waals surface area contributed by atoms with Gasteiger partial charge in [-0.25, -0.2) is 12.8 Å². The van der Waals surface area contributed by atoms with Crippen LogP contribution in [-0.4, -0.2) is 8.42 Å². The number of hydrogen-bond donors (Lipinski definition) is 1. The summed E-state index contributed by atoms with van der Waals surface area (Å²) in [5.74, 6) is -0.498. The maximum Gasteiger partial charge on any atom is 0.262 e. The van der Waals surface area contributed by atoms with Crippen LogP contribution >= 0.6 is 11.3 Å². The van der Waals surface area contributed by atoms with Crippen molar-refractivity contribution in [2.24, 2.45) is 0 Å². The van der Waals surface area contributed by atoms with Gasteiger partial charge in [0, 0.05) is 4.88 Å². The molecule has 3 rings (SSSR count). The molecule has 1 heterocycles. The zero-order valence-corrected chi connectivity index (χ0v) is 12.5. The molecular weight excluding hydrogens is 311 g/mol. The SMILES string of the molecule is N#Cc1c(NS(=O)(=O)c2ccc(F)cc2)sc2c1CCC2. The summed E-state index contributed by atoms with van der Waals surface area (Å²) in [6.45, 7) is 0. The van der Waals surface area contributed by atoms with Crippen molar-refractivity contribution in [3.8, 4) is 6.07 Å². The molecule has 4 nitrogen and oxygen atoms in total. The lowest BCUT2D eigenvalue weighted by atomic mass is 10.1. The van der Waals surface area contributed by atoms with Crippen molar-refractivity contribution < 1.29 is 12.8 Å². The summed E-state index contributed by atoms with van der Waals surface area (Å²) < 4.78 is 39.9. The Morgan fingerprint density at radius 1 is 1.24 bits per heavy atom. The quantitative estimate of drug-likeness (QED) is 0.944. The molecule has 0 saturated heterocycles. The van der Waals surface area contributed by atoms with Crippen LogP contribution < -0.4 is 4.72 Å². The van der Waals surface area contributed by atoms with Gasteiger partial charge in [0.1, 0.15) is 16.9 Å². The third-order valence-corrected chi connectivity index (χ3v) is 6.09. The van der Waals surface area contributed by atoms with E-state index in [0.29, 0.717) is 10.6 Å². The van der Waals surface area contributed by atoms with E-state index >= 15 is 0 Å². The molecule has 0 bridgehead atoms. The first-order valence-electron chi connectivity index (χ1n) is 6.34. The van der Waals surface area contributed by atoms with Crippen LogP contribution in [-0.2, 0) is 22.9 Å².